The number of aryl methyl sites for hydroxylation is 1. The molecule has 0 saturated heterocycles. The molecule has 0 aliphatic rings. The minimum atomic E-state index is -1.92. The van der Waals surface area contributed by atoms with Crippen LogP contribution in [-0.4, -0.2) is 8.32 Å². The maximum atomic E-state index is 13.5. The van der Waals surface area contributed by atoms with Gasteiger partial charge < -0.3 is 4.43 Å². The highest BCUT2D eigenvalue weighted by Crippen LogP contribution is 2.36. The Morgan fingerprint density at radius 2 is 1.50 bits per heavy atom. The maximum Gasteiger partial charge on any atom is 0.192 e. The lowest BCUT2D eigenvalue weighted by Crippen LogP contribution is -2.37. The Morgan fingerprint density at radius 1 is 0.893 bits per heavy atom. The van der Waals surface area contributed by atoms with Crippen LogP contribution in [0.2, 0.25) is 23.2 Å². The van der Waals surface area contributed by atoms with Crippen molar-refractivity contribution in [3.8, 4) is 0 Å². The van der Waals surface area contributed by atoms with Crippen molar-refractivity contribution in [3.05, 3.63) is 70.0 Å². The zero-order valence-corrected chi connectivity index (χ0v) is 18.5. The summed E-state index contributed by atoms with van der Waals surface area (Å²) < 4.78 is 47.0. The standard InChI is InChI=1S/C22H28ClF3OSi/c1-4-28(5-2,6-3)27-22(20-11-10-17(24)15-21(20)23)9-7-8-16-12-18(25)14-19(26)13-16/h10-15,22H,4-9H2,1-3H3. The average molecular weight is 429 g/mol. The summed E-state index contributed by atoms with van der Waals surface area (Å²) >= 11 is 6.32. The third kappa shape index (κ3) is 6.10. The second-order valence-electron chi connectivity index (χ2n) is 7.19. The van der Waals surface area contributed by atoms with Crippen molar-refractivity contribution in [1.29, 1.82) is 0 Å². The first-order valence-electron chi connectivity index (χ1n) is 9.90. The second kappa shape index (κ2) is 10.5. The summed E-state index contributed by atoms with van der Waals surface area (Å²) in [5, 5.41) is 0.355. The van der Waals surface area contributed by atoms with Crippen molar-refractivity contribution in [2.24, 2.45) is 0 Å². The number of benzene rings is 2. The molecule has 0 bridgehead atoms. The predicted molar refractivity (Wildman–Crippen MR) is 112 cm³/mol. The molecular formula is C22H28ClF3OSi. The van der Waals surface area contributed by atoms with Crippen LogP contribution in [-0.2, 0) is 10.8 Å². The molecule has 0 spiro atoms. The smallest absolute Gasteiger partial charge is 0.192 e. The van der Waals surface area contributed by atoms with Crippen LogP contribution >= 0.6 is 11.6 Å². The van der Waals surface area contributed by atoms with Crippen molar-refractivity contribution in [3.63, 3.8) is 0 Å². The van der Waals surface area contributed by atoms with Gasteiger partial charge in [0, 0.05) is 11.1 Å². The Hall–Kier alpha value is -1.30. The molecule has 1 unspecified atom stereocenters. The van der Waals surface area contributed by atoms with Gasteiger partial charge in [0.1, 0.15) is 17.5 Å². The summed E-state index contributed by atoms with van der Waals surface area (Å²) in [6, 6.07) is 10.9. The minimum absolute atomic E-state index is 0.252. The van der Waals surface area contributed by atoms with Crippen molar-refractivity contribution >= 4 is 19.9 Å². The van der Waals surface area contributed by atoms with Gasteiger partial charge in [0.15, 0.2) is 8.32 Å². The molecule has 0 heterocycles. The van der Waals surface area contributed by atoms with E-state index in [9.17, 15) is 13.2 Å². The molecule has 0 amide bonds. The van der Waals surface area contributed by atoms with E-state index in [-0.39, 0.29) is 11.9 Å². The van der Waals surface area contributed by atoms with E-state index in [0.29, 0.717) is 29.8 Å². The highest BCUT2D eigenvalue weighted by atomic mass is 35.5. The van der Waals surface area contributed by atoms with Crippen LogP contribution in [0.5, 0.6) is 0 Å². The summed E-state index contributed by atoms with van der Waals surface area (Å²) in [7, 11) is -1.92. The molecule has 2 aromatic carbocycles. The van der Waals surface area contributed by atoms with E-state index in [1.54, 1.807) is 6.07 Å². The van der Waals surface area contributed by atoms with Gasteiger partial charge in [0.2, 0.25) is 0 Å². The van der Waals surface area contributed by atoms with E-state index < -0.39 is 20.0 Å². The van der Waals surface area contributed by atoms with Crippen LogP contribution in [0, 0.1) is 17.5 Å². The first-order valence-corrected chi connectivity index (χ1v) is 12.8. The molecule has 1 atom stereocenters. The Kier molecular flexibility index (Phi) is 8.59. The van der Waals surface area contributed by atoms with Crippen molar-refractivity contribution in [2.45, 2.75) is 64.3 Å². The summed E-state index contributed by atoms with van der Waals surface area (Å²) in [5.41, 5.74) is 1.40. The lowest BCUT2D eigenvalue weighted by molar-refractivity contribution is 0.176. The van der Waals surface area contributed by atoms with Crippen molar-refractivity contribution in [1.82, 2.24) is 0 Å². The highest BCUT2D eigenvalue weighted by Gasteiger charge is 2.33. The van der Waals surface area contributed by atoms with Gasteiger partial charge in [-0.15, -0.1) is 0 Å². The number of hydrogen-bond donors (Lipinski definition) is 0. The Balaban J connectivity index is 2.20. The maximum absolute atomic E-state index is 13.5. The summed E-state index contributed by atoms with van der Waals surface area (Å²) in [6.07, 6.45) is 1.62. The van der Waals surface area contributed by atoms with E-state index in [2.05, 4.69) is 20.8 Å². The van der Waals surface area contributed by atoms with Gasteiger partial charge in [-0.3, -0.25) is 0 Å². The fourth-order valence-corrected chi connectivity index (χ4v) is 6.73. The molecule has 0 saturated carbocycles. The largest absolute Gasteiger partial charge is 0.410 e. The van der Waals surface area contributed by atoms with E-state index in [1.807, 2.05) is 0 Å². The summed E-state index contributed by atoms with van der Waals surface area (Å²) in [6.45, 7) is 6.45. The quantitative estimate of drug-likeness (QED) is 0.350. The molecule has 2 aromatic rings. The van der Waals surface area contributed by atoms with E-state index in [0.717, 1.165) is 29.8 Å². The lowest BCUT2D eigenvalue weighted by atomic mass is 10.0. The van der Waals surface area contributed by atoms with Crippen LogP contribution in [0.4, 0.5) is 13.2 Å². The van der Waals surface area contributed by atoms with Crippen LogP contribution < -0.4 is 0 Å². The summed E-state index contributed by atoms with van der Waals surface area (Å²) in [4.78, 5) is 0. The molecule has 2 rings (SSSR count). The fourth-order valence-electron chi connectivity index (χ4n) is 3.59. The molecule has 0 radical (unpaired) electrons. The molecular weight excluding hydrogens is 401 g/mol. The fraction of sp³-hybridized carbons (Fsp3) is 0.455. The summed E-state index contributed by atoms with van der Waals surface area (Å²) in [5.74, 6) is -1.52. The normalized spacial score (nSPS) is 13.0. The van der Waals surface area contributed by atoms with Crippen LogP contribution in [0.25, 0.3) is 0 Å². The monoisotopic (exact) mass is 428 g/mol. The van der Waals surface area contributed by atoms with Gasteiger partial charge in [0.05, 0.1) is 6.10 Å². The SMILES string of the molecule is CC[Si](CC)(CC)OC(CCCc1cc(F)cc(F)c1)c1ccc(F)cc1Cl. The second-order valence-corrected chi connectivity index (χ2v) is 12.3. The average Bonchev–Trinajstić information content (AvgIpc) is 2.64. The molecule has 1 nitrogen and oxygen atoms in total. The third-order valence-corrected chi connectivity index (χ3v) is 10.5. The molecule has 0 aliphatic carbocycles. The predicted octanol–water partition coefficient (Wildman–Crippen LogP) is 7.84. The van der Waals surface area contributed by atoms with Gasteiger partial charge in [-0.25, -0.2) is 13.2 Å². The molecule has 28 heavy (non-hydrogen) atoms. The molecule has 0 aliphatic heterocycles. The molecule has 6 heteroatoms. The lowest BCUT2D eigenvalue weighted by Gasteiger charge is -2.34. The molecule has 0 fully saturated rings. The minimum Gasteiger partial charge on any atom is -0.410 e. The topological polar surface area (TPSA) is 9.23 Å². The zero-order chi connectivity index (χ0) is 20.7. The Labute approximate surface area is 172 Å². The van der Waals surface area contributed by atoms with E-state index in [4.69, 9.17) is 16.0 Å². The molecule has 154 valence electrons. The Bertz CT molecular complexity index is 752. The van der Waals surface area contributed by atoms with E-state index >= 15 is 0 Å². The third-order valence-electron chi connectivity index (χ3n) is 5.49. The van der Waals surface area contributed by atoms with Gasteiger partial charge in [-0.2, -0.15) is 0 Å². The first kappa shape index (κ1) is 23.0. The number of hydrogen-bond acceptors (Lipinski definition) is 1. The highest BCUT2D eigenvalue weighted by molar-refractivity contribution is 6.73. The number of rotatable bonds is 10. The molecule has 0 aromatic heterocycles. The van der Waals surface area contributed by atoms with Crippen molar-refractivity contribution < 1.29 is 17.6 Å². The van der Waals surface area contributed by atoms with Crippen molar-refractivity contribution in [2.75, 3.05) is 0 Å². The van der Waals surface area contributed by atoms with Gasteiger partial charge >= 0.3 is 0 Å². The van der Waals surface area contributed by atoms with Gasteiger partial charge in [-0.1, -0.05) is 38.4 Å². The van der Waals surface area contributed by atoms with E-state index in [1.165, 1.54) is 24.3 Å². The molecule has 0 N–H and O–H groups in total. The first-order chi connectivity index (χ1) is 13.3. The van der Waals surface area contributed by atoms with Crippen LogP contribution in [0.1, 0.15) is 50.8 Å². The van der Waals surface area contributed by atoms with Crippen LogP contribution in [0.15, 0.2) is 36.4 Å². The number of halogens is 4. The zero-order valence-electron chi connectivity index (χ0n) is 16.7. The Morgan fingerprint density at radius 3 is 2.04 bits per heavy atom. The van der Waals surface area contributed by atoms with Gasteiger partial charge in [0.25, 0.3) is 0 Å². The van der Waals surface area contributed by atoms with Crippen LogP contribution in [0.3, 0.4) is 0 Å². The van der Waals surface area contributed by atoms with Gasteiger partial charge in [-0.05, 0) is 72.8 Å².